The van der Waals surface area contributed by atoms with E-state index in [0.29, 0.717) is 6.54 Å². The van der Waals surface area contributed by atoms with Gasteiger partial charge in [0.15, 0.2) is 0 Å². The lowest BCUT2D eigenvalue weighted by Gasteiger charge is -2.13. The van der Waals surface area contributed by atoms with Gasteiger partial charge in [0.05, 0.1) is 6.04 Å². The third-order valence-corrected chi connectivity index (χ3v) is 2.40. The Morgan fingerprint density at radius 1 is 1.31 bits per heavy atom. The van der Waals surface area contributed by atoms with Crippen molar-refractivity contribution < 1.29 is 4.79 Å². The normalized spacial score (nSPS) is 12.1. The van der Waals surface area contributed by atoms with Crippen molar-refractivity contribution >= 4 is 5.91 Å². The second kappa shape index (κ2) is 7.01. The summed E-state index contributed by atoms with van der Waals surface area (Å²) in [5.74, 6) is 0.0531. The summed E-state index contributed by atoms with van der Waals surface area (Å²) in [4.78, 5) is 11.6. The zero-order valence-electron chi connectivity index (χ0n) is 9.99. The summed E-state index contributed by atoms with van der Waals surface area (Å²) in [7, 11) is 0. The maximum Gasteiger partial charge on any atom is 0.237 e. The molecule has 1 atom stereocenters. The highest BCUT2D eigenvalue weighted by Gasteiger charge is 2.10. The van der Waals surface area contributed by atoms with E-state index in [0.717, 1.165) is 18.5 Å². The molecule has 0 saturated carbocycles. The zero-order valence-corrected chi connectivity index (χ0v) is 9.99. The van der Waals surface area contributed by atoms with Crippen molar-refractivity contribution in [3.63, 3.8) is 0 Å². The lowest BCUT2D eigenvalue weighted by atomic mass is 10.2. The summed E-state index contributed by atoms with van der Waals surface area (Å²) in [5.41, 5.74) is 1.12. The molecule has 1 amide bonds. The van der Waals surface area contributed by atoms with Crippen LogP contribution < -0.4 is 10.6 Å². The van der Waals surface area contributed by atoms with Crippen LogP contribution in [0.1, 0.15) is 25.8 Å². The summed E-state index contributed by atoms with van der Waals surface area (Å²) < 4.78 is 0. The molecule has 0 radical (unpaired) electrons. The molecule has 16 heavy (non-hydrogen) atoms. The molecule has 1 unspecified atom stereocenters. The van der Waals surface area contributed by atoms with E-state index in [1.165, 1.54) is 0 Å². The first-order valence-corrected chi connectivity index (χ1v) is 5.79. The predicted molar refractivity (Wildman–Crippen MR) is 66.0 cm³/mol. The topological polar surface area (TPSA) is 41.1 Å². The monoisotopic (exact) mass is 220 g/mol. The third-order valence-electron chi connectivity index (χ3n) is 2.40. The molecule has 0 aliphatic rings. The second-order valence-electron chi connectivity index (χ2n) is 3.88. The number of carbonyl (C=O) groups is 1. The van der Waals surface area contributed by atoms with E-state index in [1.54, 1.807) is 0 Å². The van der Waals surface area contributed by atoms with E-state index in [9.17, 15) is 4.79 Å². The fourth-order valence-corrected chi connectivity index (χ4v) is 1.39. The van der Waals surface area contributed by atoms with Gasteiger partial charge >= 0.3 is 0 Å². The maximum atomic E-state index is 11.6. The van der Waals surface area contributed by atoms with Crippen LogP contribution in [0.15, 0.2) is 30.3 Å². The summed E-state index contributed by atoms with van der Waals surface area (Å²) in [6.45, 7) is 5.44. The highest BCUT2D eigenvalue weighted by atomic mass is 16.2. The van der Waals surface area contributed by atoms with E-state index in [2.05, 4.69) is 17.6 Å². The van der Waals surface area contributed by atoms with Crippen LogP contribution in [0.4, 0.5) is 0 Å². The molecule has 0 spiro atoms. The molecule has 0 aliphatic heterocycles. The standard InChI is InChI=1S/C13H20N2O/c1-3-9-14-11(2)13(16)15-10-12-7-5-4-6-8-12/h4-8,11,14H,3,9-10H2,1-2H3,(H,15,16). The SMILES string of the molecule is CCCNC(C)C(=O)NCc1ccccc1. The number of carbonyl (C=O) groups excluding carboxylic acids is 1. The van der Waals surface area contributed by atoms with Crippen LogP contribution in [-0.4, -0.2) is 18.5 Å². The first-order chi connectivity index (χ1) is 7.74. The fraction of sp³-hybridized carbons (Fsp3) is 0.462. The summed E-state index contributed by atoms with van der Waals surface area (Å²) in [6, 6.07) is 9.80. The van der Waals surface area contributed by atoms with E-state index in [-0.39, 0.29) is 11.9 Å². The Morgan fingerprint density at radius 3 is 2.62 bits per heavy atom. The Bertz CT molecular complexity index is 311. The van der Waals surface area contributed by atoms with E-state index >= 15 is 0 Å². The number of benzene rings is 1. The van der Waals surface area contributed by atoms with E-state index in [4.69, 9.17) is 0 Å². The maximum absolute atomic E-state index is 11.6. The van der Waals surface area contributed by atoms with Crippen molar-refractivity contribution in [2.75, 3.05) is 6.54 Å². The summed E-state index contributed by atoms with van der Waals surface area (Å²) in [6.07, 6.45) is 1.04. The van der Waals surface area contributed by atoms with E-state index < -0.39 is 0 Å². The van der Waals surface area contributed by atoms with Crippen LogP contribution in [0.3, 0.4) is 0 Å². The van der Waals surface area contributed by atoms with Crippen molar-refractivity contribution in [2.24, 2.45) is 0 Å². The fourth-order valence-electron chi connectivity index (χ4n) is 1.39. The number of nitrogens with one attached hydrogen (secondary N) is 2. The molecule has 0 aromatic heterocycles. The zero-order chi connectivity index (χ0) is 11.8. The summed E-state index contributed by atoms with van der Waals surface area (Å²) >= 11 is 0. The molecule has 88 valence electrons. The van der Waals surface area contributed by atoms with Gasteiger partial charge < -0.3 is 10.6 Å². The minimum atomic E-state index is -0.122. The lowest BCUT2D eigenvalue weighted by molar-refractivity contribution is -0.122. The van der Waals surface area contributed by atoms with Crippen LogP contribution in [0, 0.1) is 0 Å². The van der Waals surface area contributed by atoms with Crippen molar-refractivity contribution in [3.8, 4) is 0 Å². The first kappa shape index (κ1) is 12.7. The molecule has 1 aromatic rings. The van der Waals surface area contributed by atoms with Crippen molar-refractivity contribution in [2.45, 2.75) is 32.9 Å². The predicted octanol–water partition coefficient (Wildman–Crippen LogP) is 1.69. The number of hydrogen-bond acceptors (Lipinski definition) is 2. The average molecular weight is 220 g/mol. The van der Waals surface area contributed by atoms with Gasteiger partial charge in [-0.15, -0.1) is 0 Å². The van der Waals surface area contributed by atoms with Gasteiger partial charge in [-0.25, -0.2) is 0 Å². The Balaban J connectivity index is 2.29. The molecule has 0 aliphatic carbocycles. The highest BCUT2D eigenvalue weighted by Crippen LogP contribution is 1.97. The number of amides is 1. The molecular formula is C13H20N2O. The van der Waals surface area contributed by atoms with Crippen LogP contribution >= 0.6 is 0 Å². The summed E-state index contributed by atoms with van der Waals surface area (Å²) in [5, 5.41) is 6.06. The number of rotatable bonds is 6. The van der Waals surface area contributed by atoms with Gasteiger partial charge in [-0.05, 0) is 25.5 Å². The van der Waals surface area contributed by atoms with Gasteiger partial charge in [0.25, 0.3) is 0 Å². The third kappa shape index (κ3) is 4.45. The van der Waals surface area contributed by atoms with Gasteiger partial charge in [0, 0.05) is 6.54 Å². The first-order valence-electron chi connectivity index (χ1n) is 5.79. The molecular weight excluding hydrogens is 200 g/mol. The van der Waals surface area contributed by atoms with E-state index in [1.807, 2.05) is 37.3 Å². The molecule has 0 bridgehead atoms. The molecule has 2 N–H and O–H groups in total. The largest absolute Gasteiger partial charge is 0.351 e. The average Bonchev–Trinajstić information content (AvgIpc) is 2.34. The van der Waals surface area contributed by atoms with Gasteiger partial charge in [0.1, 0.15) is 0 Å². The number of hydrogen-bond donors (Lipinski definition) is 2. The van der Waals surface area contributed by atoms with Gasteiger partial charge in [-0.3, -0.25) is 4.79 Å². The van der Waals surface area contributed by atoms with Crippen molar-refractivity contribution in [3.05, 3.63) is 35.9 Å². The quantitative estimate of drug-likeness (QED) is 0.766. The molecule has 0 saturated heterocycles. The minimum Gasteiger partial charge on any atom is -0.351 e. The highest BCUT2D eigenvalue weighted by molar-refractivity contribution is 5.81. The second-order valence-corrected chi connectivity index (χ2v) is 3.88. The van der Waals surface area contributed by atoms with Gasteiger partial charge in [-0.2, -0.15) is 0 Å². The molecule has 0 fully saturated rings. The molecule has 3 nitrogen and oxygen atoms in total. The van der Waals surface area contributed by atoms with Gasteiger partial charge in [-0.1, -0.05) is 37.3 Å². The Kier molecular flexibility index (Phi) is 5.57. The molecule has 0 heterocycles. The van der Waals surface area contributed by atoms with Crippen LogP contribution in [0.25, 0.3) is 0 Å². The van der Waals surface area contributed by atoms with Crippen LogP contribution in [0.5, 0.6) is 0 Å². The Morgan fingerprint density at radius 2 is 2.00 bits per heavy atom. The lowest BCUT2D eigenvalue weighted by Crippen LogP contribution is -2.42. The van der Waals surface area contributed by atoms with Crippen molar-refractivity contribution in [1.82, 2.24) is 10.6 Å². The van der Waals surface area contributed by atoms with Gasteiger partial charge in [0.2, 0.25) is 5.91 Å². The smallest absolute Gasteiger partial charge is 0.237 e. The van der Waals surface area contributed by atoms with Crippen molar-refractivity contribution in [1.29, 1.82) is 0 Å². The Hall–Kier alpha value is -1.35. The Labute approximate surface area is 97.2 Å². The minimum absolute atomic E-state index is 0.0531. The molecule has 1 aromatic carbocycles. The van der Waals surface area contributed by atoms with Crippen LogP contribution in [0.2, 0.25) is 0 Å². The van der Waals surface area contributed by atoms with Crippen LogP contribution in [-0.2, 0) is 11.3 Å². The molecule has 3 heteroatoms. The molecule has 1 rings (SSSR count).